The summed E-state index contributed by atoms with van der Waals surface area (Å²) in [6, 6.07) is 14.2. The monoisotopic (exact) mass is 338 g/mol. The highest BCUT2D eigenvalue weighted by molar-refractivity contribution is 6.20. The Balaban J connectivity index is 0.000000354. The lowest BCUT2D eigenvalue weighted by atomic mass is 10.3. The summed E-state index contributed by atoms with van der Waals surface area (Å²) in [5, 5.41) is 9.10. The van der Waals surface area contributed by atoms with Crippen LogP contribution in [0.1, 0.15) is 27.7 Å². The van der Waals surface area contributed by atoms with Crippen LogP contribution >= 0.6 is 11.6 Å². The first-order chi connectivity index (χ1) is 10.7. The van der Waals surface area contributed by atoms with Gasteiger partial charge in [-0.1, -0.05) is 24.3 Å². The van der Waals surface area contributed by atoms with Crippen LogP contribution in [0.2, 0.25) is 0 Å². The molecule has 0 saturated carbocycles. The standard InChI is InChI=1S/C9H13NO.C6H7NO.C3H7Cl/c1-7(2)11-9-6-4-3-5-8(9)10;7-5-3-1-2-4-6(5)8;1-3(2)4/h3-7H,10H2,1-2H3;1-4,8H,7H2;3H,1-2H3. The molecule has 2 aromatic rings. The van der Waals surface area contributed by atoms with Crippen molar-refractivity contribution in [3.8, 4) is 11.5 Å². The third-order valence-corrected chi connectivity index (χ3v) is 2.22. The number of hydrogen-bond acceptors (Lipinski definition) is 4. The van der Waals surface area contributed by atoms with Crippen LogP contribution < -0.4 is 16.2 Å². The van der Waals surface area contributed by atoms with Crippen molar-refractivity contribution in [2.75, 3.05) is 11.5 Å². The Morgan fingerprint density at radius 3 is 1.65 bits per heavy atom. The second-order valence-electron chi connectivity index (χ2n) is 5.28. The molecule has 0 radical (unpaired) electrons. The van der Waals surface area contributed by atoms with Crippen LogP contribution in [0.4, 0.5) is 11.4 Å². The van der Waals surface area contributed by atoms with Gasteiger partial charge >= 0.3 is 0 Å². The average Bonchev–Trinajstić information content (AvgIpc) is 2.44. The van der Waals surface area contributed by atoms with Crippen LogP contribution in [0.3, 0.4) is 0 Å². The largest absolute Gasteiger partial charge is 0.506 e. The number of alkyl halides is 1. The van der Waals surface area contributed by atoms with Gasteiger partial charge < -0.3 is 21.3 Å². The SMILES string of the molecule is CC(C)Cl.CC(C)Oc1ccccc1N.Nc1ccccc1O. The molecule has 2 rings (SSSR count). The van der Waals surface area contributed by atoms with E-state index in [1.54, 1.807) is 24.3 Å². The third-order valence-electron chi connectivity index (χ3n) is 2.22. The Labute approximate surface area is 144 Å². The number of nitrogens with two attached hydrogens (primary N) is 2. The first-order valence-electron chi connectivity index (χ1n) is 7.42. The molecule has 0 unspecified atom stereocenters. The Hall–Kier alpha value is -2.07. The number of ether oxygens (including phenoxy) is 1. The molecule has 0 aliphatic carbocycles. The van der Waals surface area contributed by atoms with Crippen LogP contribution in [0.5, 0.6) is 11.5 Å². The molecule has 0 aliphatic heterocycles. The number of para-hydroxylation sites is 4. The number of phenolic OH excluding ortho intramolecular Hbond substituents is 1. The summed E-state index contributed by atoms with van der Waals surface area (Å²) < 4.78 is 5.42. The van der Waals surface area contributed by atoms with E-state index in [9.17, 15) is 0 Å². The molecule has 0 aliphatic rings. The van der Waals surface area contributed by atoms with E-state index in [-0.39, 0.29) is 11.9 Å². The maximum Gasteiger partial charge on any atom is 0.142 e. The molecule has 5 N–H and O–H groups in total. The van der Waals surface area contributed by atoms with Gasteiger partial charge in [-0.05, 0) is 52.0 Å². The van der Waals surface area contributed by atoms with Crippen molar-refractivity contribution in [2.45, 2.75) is 39.2 Å². The van der Waals surface area contributed by atoms with Crippen LogP contribution in [-0.4, -0.2) is 16.6 Å². The number of aromatic hydroxyl groups is 1. The molecule has 23 heavy (non-hydrogen) atoms. The number of rotatable bonds is 2. The van der Waals surface area contributed by atoms with E-state index >= 15 is 0 Å². The van der Waals surface area contributed by atoms with Crippen molar-refractivity contribution >= 4 is 23.0 Å². The fourth-order valence-electron chi connectivity index (χ4n) is 1.33. The third kappa shape index (κ3) is 11.2. The van der Waals surface area contributed by atoms with Gasteiger partial charge in [0, 0.05) is 5.38 Å². The van der Waals surface area contributed by atoms with Gasteiger partial charge in [0.2, 0.25) is 0 Å². The normalized spacial score (nSPS) is 9.52. The fraction of sp³-hybridized carbons (Fsp3) is 0.333. The van der Waals surface area contributed by atoms with Crippen LogP contribution in [-0.2, 0) is 0 Å². The van der Waals surface area contributed by atoms with Gasteiger partial charge in [-0.3, -0.25) is 0 Å². The summed E-state index contributed by atoms with van der Waals surface area (Å²) in [5.74, 6) is 0.912. The molecule has 0 fully saturated rings. The predicted molar refractivity (Wildman–Crippen MR) is 100 cm³/mol. The zero-order valence-electron chi connectivity index (χ0n) is 14.2. The lowest BCUT2D eigenvalue weighted by molar-refractivity contribution is 0.244. The molecule has 0 saturated heterocycles. The minimum atomic E-state index is 0.146. The number of hydrogen-bond donors (Lipinski definition) is 3. The lowest BCUT2D eigenvalue weighted by Crippen LogP contribution is -2.06. The van der Waals surface area contributed by atoms with Gasteiger partial charge in [0.05, 0.1) is 17.5 Å². The van der Waals surface area contributed by atoms with Crippen molar-refractivity contribution in [1.82, 2.24) is 0 Å². The molecule has 0 atom stereocenters. The number of anilines is 2. The summed E-state index contributed by atoms with van der Waals surface area (Å²) in [7, 11) is 0. The molecule has 0 aromatic heterocycles. The summed E-state index contributed by atoms with van der Waals surface area (Å²) >= 11 is 5.27. The molecule has 0 heterocycles. The van der Waals surface area contributed by atoms with E-state index in [2.05, 4.69) is 0 Å². The number of nitrogen functional groups attached to an aromatic ring is 2. The van der Waals surface area contributed by atoms with Gasteiger partial charge in [-0.15, -0.1) is 11.6 Å². The van der Waals surface area contributed by atoms with Crippen molar-refractivity contribution in [1.29, 1.82) is 0 Å². The Morgan fingerprint density at radius 2 is 1.30 bits per heavy atom. The lowest BCUT2D eigenvalue weighted by Gasteiger charge is -2.10. The van der Waals surface area contributed by atoms with Gasteiger partial charge in [-0.2, -0.15) is 0 Å². The zero-order chi connectivity index (χ0) is 17.8. The second-order valence-corrected chi connectivity index (χ2v) is 6.15. The fourth-order valence-corrected chi connectivity index (χ4v) is 1.33. The first kappa shape index (κ1) is 20.9. The quantitative estimate of drug-likeness (QED) is 0.422. The summed E-state index contributed by atoms with van der Waals surface area (Å²) in [4.78, 5) is 0. The molecular formula is C18H27ClN2O2. The molecule has 0 amide bonds. The predicted octanol–water partition coefficient (Wildman–Crippen LogP) is 4.66. The Kier molecular flexibility index (Phi) is 10.5. The first-order valence-corrected chi connectivity index (χ1v) is 7.86. The van der Waals surface area contributed by atoms with Gasteiger partial charge in [0.15, 0.2) is 0 Å². The molecule has 128 valence electrons. The number of phenols is 1. The van der Waals surface area contributed by atoms with E-state index < -0.39 is 0 Å². The minimum absolute atomic E-state index is 0.146. The van der Waals surface area contributed by atoms with Crippen molar-refractivity contribution in [3.05, 3.63) is 48.5 Å². The van der Waals surface area contributed by atoms with Crippen molar-refractivity contribution < 1.29 is 9.84 Å². The maximum atomic E-state index is 8.79. The maximum absolute atomic E-state index is 8.79. The topological polar surface area (TPSA) is 81.5 Å². The van der Waals surface area contributed by atoms with Crippen LogP contribution in [0.15, 0.2) is 48.5 Å². The number of halogens is 1. The van der Waals surface area contributed by atoms with E-state index in [0.717, 1.165) is 5.75 Å². The van der Waals surface area contributed by atoms with Crippen molar-refractivity contribution in [2.24, 2.45) is 0 Å². The average molecular weight is 339 g/mol. The Morgan fingerprint density at radius 1 is 0.870 bits per heavy atom. The van der Waals surface area contributed by atoms with E-state index in [0.29, 0.717) is 16.8 Å². The summed E-state index contributed by atoms with van der Waals surface area (Å²) in [6.45, 7) is 7.82. The minimum Gasteiger partial charge on any atom is -0.506 e. The second kappa shape index (κ2) is 11.5. The smallest absolute Gasteiger partial charge is 0.142 e. The van der Waals surface area contributed by atoms with E-state index in [1.807, 2.05) is 52.0 Å². The van der Waals surface area contributed by atoms with Gasteiger partial charge in [0.25, 0.3) is 0 Å². The summed E-state index contributed by atoms with van der Waals surface area (Å²) in [6.07, 6.45) is 0.180. The highest BCUT2D eigenvalue weighted by atomic mass is 35.5. The van der Waals surface area contributed by atoms with Crippen LogP contribution in [0.25, 0.3) is 0 Å². The van der Waals surface area contributed by atoms with E-state index in [4.69, 9.17) is 32.9 Å². The van der Waals surface area contributed by atoms with Gasteiger partial charge in [-0.25, -0.2) is 0 Å². The highest BCUT2D eigenvalue weighted by Gasteiger charge is 1.99. The summed E-state index contributed by atoms with van der Waals surface area (Å²) in [5.41, 5.74) is 12.0. The number of benzene rings is 2. The zero-order valence-corrected chi connectivity index (χ0v) is 14.9. The highest BCUT2D eigenvalue weighted by Crippen LogP contribution is 2.20. The molecule has 0 spiro atoms. The molecule has 2 aromatic carbocycles. The molecule has 5 heteroatoms. The van der Waals surface area contributed by atoms with Crippen molar-refractivity contribution in [3.63, 3.8) is 0 Å². The Bertz CT molecular complexity index is 536. The molecule has 0 bridgehead atoms. The van der Waals surface area contributed by atoms with Gasteiger partial charge in [0.1, 0.15) is 11.5 Å². The molecule has 4 nitrogen and oxygen atoms in total. The van der Waals surface area contributed by atoms with E-state index in [1.165, 1.54) is 0 Å². The van der Waals surface area contributed by atoms with Crippen LogP contribution in [0, 0.1) is 0 Å². The molecular weight excluding hydrogens is 312 g/mol.